The number of hydrogen-bond acceptors (Lipinski definition) is 2. The van der Waals surface area contributed by atoms with Gasteiger partial charge in [0.05, 0.1) is 17.7 Å². The van der Waals surface area contributed by atoms with Crippen molar-refractivity contribution in [1.29, 1.82) is 0 Å². The van der Waals surface area contributed by atoms with Gasteiger partial charge in [0.2, 0.25) is 0 Å². The number of rotatable bonds is 5. The fourth-order valence-corrected chi connectivity index (χ4v) is 7.89. The van der Waals surface area contributed by atoms with Crippen LogP contribution in [-0.2, 0) is 4.74 Å². The summed E-state index contributed by atoms with van der Waals surface area (Å²) < 4.78 is 5.94. The van der Waals surface area contributed by atoms with E-state index >= 15 is 0 Å². The van der Waals surface area contributed by atoms with E-state index in [0.29, 0.717) is 23.5 Å². The van der Waals surface area contributed by atoms with Crippen molar-refractivity contribution in [3.05, 3.63) is 12.2 Å². The largest absolute Gasteiger partial charge is 0.369 e. The van der Waals surface area contributed by atoms with E-state index in [9.17, 15) is 0 Å². The summed E-state index contributed by atoms with van der Waals surface area (Å²) in [7, 11) is 0. The van der Waals surface area contributed by atoms with Crippen LogP contribution in [0, 0.1) is 40.9 Å². The van der Waals surface area contributed by atoms with E-state index in [0.717, 1.165) is 29.6 Å². The Labute approximate surface area is 160 Å². The Morgan fingerprint density at radius 3 is 2.50 bits per heavy atom. The molecule has 2 nitrogen and oxygen atoms in total. The first-order chi connectivity index (χ1) is 12.0. The lowest BCUT2D eigenvalue weighted by molar-refractivity contribution is 0.103. The fourth-order valence-electron chi connectivity index (χ4n) is 7.89. The highest BCUT2D eigenvalue weighted by Gasteiger charge is 2.67. The first-order valence-electron chi connectivity index (χ1n) is 11.2. The number of ether oxygens (including phenoxy) is 1. The van der Waals surface area contributed by atoms with Crippen LogP contribution in [0.5, 0.6) is 0 Å². The van der Waals surface area contributed by atoms with Crippen molar-refractivity contribution >= 4 is 0 Å². The average Bonchev–Trinajstić information content (AvgIpc) is 3.14. The molecule has 0 spiro atoms. The topological polar surface area (TPSA) is 34.5 Å². The molecule has 146 valence electrons. The Morgan fingerprint density at radius 1 is 1.19 bits per heavy atom. The van der Waals surface area contributed by atoms with E-state index in [1.165, 1.54) is 37.7 Å². The molecule has 1 N–H and O–H groups in total. The maximum absolute atomic E-state index is 5.94. The molecule has 5 aliphatic rings. The molecule has 9 unspecified atom stereocenters. The average molecular weight is 358 g/mol. The lowest BCUT2D eigenvalue weighted by Gasteiger charge is -2.36. The third kappa shape index (κ3) is 2.43. The van der Waals surface area contributed by atoms with E-state index in [-0.39, 0.29) is 11.1 Å². The highest BCUT2D eigenvalue weighted by molar-refractivity contribution is 5.39. The zero-order chi connectivity index (χ0) is 18.6. The maximum Gasteiger partial charge on any atom is 0.0875 e. The molecule has 0 amide bonds. The van der Waals surface area contributed by atoms with Gasteiger partial charge in [-0.15, -0.1) is 0 Å². The third-order valence-corrected chi connectivity index (χ3v) is 9.01. The van der Waals surface area contributed by atoms with Crippen LogP contribution < -0.4 is 5.32 Å². The van der Waals surface area contributed by atoms with E-state index in [2.05, 4.69) is 53.4 Å². The monoisotopic (exact) mass is 357 g/mol. The van der Waals surface area contributed by atoms with Crippen molar-refractivity contribution in [2.45, 2.75) is 96.9 Å². The predicted molar refractivity (Wildman–Crippen MR) is 107 cm³/mol. The number of hydrogen-bond donors (Lipinski definition) is 1. The summed E-state index contributed by atoms with van der Waals surface area (Å²) in [6.07, 6.45) is 8.24. The smallest absolute Gasteiger partial charge is 0.0875 e. The molecule has 5 rings (SSSR count). The van der Waals surface area contributed by atoms with Gasteiger partial charge in [-0.05, 0) is 86.9 Å². The predicted octanol–water partition coefficient (Wildman–Crippen LogP) is 5.19. The van der Waals surface area contributed by atoms with Crippen molar-refractivity contribution in [1.82, 2.24) is 5.32 Å². The minimum absolute atomic E-state index is 0.142. The number of fused-ring (bicyclic) bond motifs is 7. The Balaban J connectivity index is 1.27. The van der Waals surface area contributed by atoms with Crippen molar-refractivity contribution in [3.63, 3.8) is 0 Å². The molecular formula is C24H39NO. The van der Waals surface area contributed by atoms with Gasteiger partial charge in [-0.25, -0.2) is 0 Å². The van der Waals surface area contributed by atoms with Crippen LogP contribution in [0.2, 0.25) is 0 Å². The van der Waals surface area contributed by atoms with Crippen LogP contribution in [0.4, 0.5) is 0 Å². The summed E-state index contributed by atoms with van der Waals surface area (Å²) in [5, 5.41) is 3.85. The first-order valence-corrected chi connectivity index (χ1v) is 11.2. The maximum atomic E-state index is 5.94. The zero-order valence-corrected chi connectivity index (χ0v) is 17.8. The van der Waals surface area contributed by atoms with E-state index in [1.807, 2.05) is 0 Å². The molecule has 0 aromatic heterocycles. The second-order valence-corrected chi connectivity index (χ2v) is 12.3. The highest BCUT2D eigenvalue weighted by atomic mass is 16.6. The van der Waals surface area contributed by atoms with E-state index in [4.69, 9.17) is 4.74 Å². The SMILES string of the molecule is C=C(C(C)CC1CC2CC1C1C2CC2OC21)C1(CC(C)(C)C)NC1(C)C. The first kappa shape index (κ1) is 17.7. The fraction of sp³-hybridized carbons (Fsp3) is 0.917. The van der Waals surface area contributed by atoms with Gasteiger partial charge in [-0.1, -0.05) is 39.8 Å². The molecule has 2 heteroatoms. The van der Waals surface area contributed by atoms with Crippen LogP contribution in [0.15, 0.2) is 12.2 Å². The Hall–Kier alpha value is -0.340. The van der Waals surface area contributed by atoms with Crippen LogP contribution >= 0.6 is 0 Å². The Morgan fingerprint density at radius 2 is 1.88 bits per heavy atom. The molecule has 3 aliphatic carbocycles. The standard InChI is InChI=1S/C24H39NO/c1-13(14(2)24(12-22(3,4)5)23(6,7)25-24)8-15-9-16-10-17(15)20-18(16)11-19-21(20)26-19/h13,15-21,25H,2,8-12H2,1,3-7H3. The third-order valence-electron chi connectivity index (χ3n) is 9.01. The van der Waals surface area contributed by atoms with Crippen LogP contribution in [0.3, 0.4) is 0 Å². The summed E-state index contributed by atoms with van der Waals surface area (Å²) in [5.41, 5.74) is 2.14. The van der Waals surface area contributed by atoms with Gasteiger partial charge < -0.3 is 4.74 Å². The molecular weight excluding hydrogens is 318 g/mol. The molecule has 9 atom stereocenters. The van der Waals surface area contributed by atoms with Crippen molar-refractivity contribution < 1.29 is 4.74 Å². The van der Waals surface area contributed by atoms with Crippen molar-refractivity contribution in [3.8, 4) is 0 Å². The zero-order valence-electron chi connectivity index (χ0n) is 17.8. The van der Waals surface area contributed by atoms with Crippen LogP contribution in [0.1, 0.15) is 73.6 Å². The molecule has 0 aromatic rings. The quantitative estimate of drug-likeness (QED) is 0.543. The normalized spacial score (nSPS) is 51.1. The lowest BCUT2D eigenvalue weighted by atomic mass is 9.68. The van der Waals surface area contributed by atoms with Gasteiger partial charge in [0.25, 0.3) is 0 Å². The van der Waals surface area contributed by atoms with E-state index in [1.54, 1.807) is 0 Å². The summed E-state index contributed by atoms with van der Waals surface area (Å²) in [4.78, 5) is 0. The lowest BCUT2D eigenvalue weighted by Crippen LogP contribution is -2.34. The Bertz CT molecular complexity index is 631. The van der Waals surface area contributed by atoms with E-state index < -0.39 is 0 Å². The van der Waals surface area contributed by atoms with Crippen LogP contribution in [-0.4, -0.2) is 23.3 Å². The molecule has 0 radical (unpaired) electrons. The number of epoxide rings is 1. The second kappa shape index (κ2) is 5.17. The van der Waals surface area contributed by atoms with Gasteiger partial charge in [-0.2, -0.15) is 0 Å². The van der Waals surface area contributed by atoms with Crippen molar-refractivity contribution in [2.75, 3.05) is 0 Å². The molecule has 0 aromatic carbocycles. The minimum Gasteiger partial charge on any atom is -0.369 e. The Kier molecular flexibility index (Phi) is 3.53. The summed E-state index contributed by atoms with van der Waals surface area (Å²) >= 11 is 0. The minimum atomic E-state index is 0.142. The molecule has 2 saturated heterocycles. The van der Waals surface area contributed by atoms with Gasteiger partial charge in [0.1, 0.15) is 0 Å². The van der Waals surface area contributed by atoms with Gasteiger partial charge in [0.15, 0.2) is 0 Å². The summed E-state index contributed by atoms with van der Waals surface area (Å²) in [6.45, 7) is 19.0. The highest BCUT2D eigenvalue weighted by Crippen LogP contribution is 2.67. The van der Waals surface area contributed by atoms with Crippen LogP contribution in [0.25, 0.3) is 0 Å². The molecule has 2 bridgehead atoms. The number of nitrogens with one attached hydrogen (secondary N) is 1. The van der Waals surface area contributed by atoms with Gasteiger partial charge in [-0.3, -0.25) is 5.32 Å². The molecule has 26 heavy (non-hydrogen) atoms. The second-order valence-electron chi connectivity index (χ2n) is 12.3. The molecule has 3 saturated carbocycles. The van der Waals surface area contributed by atoms with Crippen molar-refractivity contribution in [2.24, 2.45) is 40.9 Å². The van der Waals surface area contributed by atoms with Gasteiger partial charge >= 0.3 is 0 Å². The van der Waals surface area contributed by atoms with Gasteiger partial charge in [0, 0.05) is 5.54 Å². The molecule has 2 aliphatic heterocycles. The molecule has 5 fully saturated rings. The summed E-state index contributed by atoms with van der Waals surface area (Å²) in [6, 6.07) is 0. The molecule has 2 heterocycles. The summed E-state index contributed by atoms with van der Waals surface area (Å²) in [5.74, 6) is 5.46.